The van der Waals surface area contributed by atoms with Crippen LogP contribution in [0.1, 0.15) is 24.0 Å². The van der Waals surface area contributed by atoms with Crippen LogP contribution < -0.4 is 10.1 Å². The van der Waals surface area contributed by atoms with Crippen molar-refractivity contribution in [3.63, 3.8) is 0 Å². The normalized spacial score (nSPS) is 11.0. The van der Waals surface area contributed by atoms with Crippen LogP contribution in [0.3, 0.4) is 0 Å². The molecule has 0 unspecified atom stereocenters. The van der Waals surface area contributed by atoms with Crippen molar-refractivity contribution in [2.45, 2.75) is 26.7 Å². The maximum Gasteiger partial charge on any atom is 0.250 e. The Balaban J connectivity index is 1.35. The molecule has 2 aromatic heterocycles. The largest absolute Gasteiger partial charge is 0.494 e. The molecule has 4 rings (SSSR count). The second kappa shape index (κ2) is 8.85. The molecule has 0 aliphatic carbocycles. The highest BCUT2D eigenvalue weighted by atomic mass is 35.5. The van der Waals surface area contributed by atoms with E-state index in [-0.39, 0.29) is 5.91 Å². The molecule has 2 heterocycles. The number of hydrogen-bond donors (Lipinski definition) is 1. The van der Waals surface area contributed by atoms with Crippen molar-refractivity contribution < 1.29 is 9.53 Å². The van der Waals surface area contributed by atoms with Crippen molar-refractivity contribution in [1.29, 1.82) is 0 Å². The molecule has 1 N–H and O–H groups in total. The van der Waals surface area contributed by atoms with Crippen LogP contribution in [0.15, 0.2) is 47.8 Å². The van der Waals surface area contributed by atoms with Gasteiger partial charge in [-0.1, -0.05) is 35.4 Å². The summed E-state index contributed by atoms with van der Waals surface area (Å²) in [7, 11) is 0. The number of anilines is 1. The topological polar surface area (TPSA) is 68.5 Å². The number of carbonyl (C=O) groups excluding carboxylic acids is 1. The molecule has 0 bridgehead atoms. The number of amides is 1. The molecule has 30 heavy (non-hydrogen) atoms. The van der Waals surface area contributed by atoms with E-state index in [2.05, 4.69) is 47.4 Å². The second-order valence-corrected chi connectivity index (χ2v) is 8.30. The first-order valence-corrected chi connectivity index (χ1v) is 10.9. The van der Waals surface area contributed by atoms with E-state index in [0.717, 1.165) is 22.0 Å². The Morgan fingerprint density at radius 3 is 2.77 bits per heavy atom. The van der Waals surface area contributed by atoms with E-state index < -0.39 is 0 Å². The lowest BCUT2D eigenvalue weighted by atomic mass is 10.0. The molecule has 2 aromatic carbocycles. The Bertz CT molecular complexity index is 1180. The van der Waals surface area contributed by atoms with Crippen LogP contribution in [0.2, 0.25) is 5.02 Å². The third-order valence-corrected chi connectivity index (χ3v) is 5.69. The molecule has 0 aliphatic rings. The van der Waals surface area contributed by atoms with Crippen LogP contribution in [0.25, 0.3) is 16.2 Å². The van der Waals surface area contributed by atoms with Gasteiger partial charge in [-0.3, -0.25) is 10.1 Å². The van der Waals surface area contributed by atoms with E-state index >= 15 is 0 Å². The van der Waals surface area contributed by atoms with Crippen molar-refractivity contribution in [2.75, 3.05) is 11.9 Å². The van der Waals surface area contributed by atoms with Crippen molar-refractivity contribution in [2.24, 2.45) is 0 Å². The summed E-state index contributed by atoms with van der Waals surface area (Å²) in [5.41, 5.74) is 4.47. The Labute approximate surface area is 183 Å². The molecular formula is C22H21ClN4O2S. The van der Waals surface area contributed by atoms with Crippen LogP contribution in [0.5, 0.6) is 5.75 Å². The highest BCUT2D eigenvalue weighted by Crippen LogP contribution is 2.29. The average Bonchev–Trinajstić information content (AvgIpc) is 3.27. The number of halogens is 1. The highest BCUT2D eigenvalue weighted by Gasteiger charge is 2.14. The van der Waals surface area contributed by atoms with E-state index in [1.54, 1.807) is 28.8 Å². The Morgan fingerprint density at radius 1 is 1.20 bits per heavy atom. The van der Waals surface area contributed by atoms with Crippen molar-refractivity contribution in [3.05, 3.63) is 64.0 Å². The van der Waals surface area contributed by atoms with E-state index in [1.165, 1.54) is 22.5 Å². The number of nitrogens with one attached hydrogen (secondary N) is 1. The molecule has 6 nitrogen and oxygen atoms in total. The lowest BCUT2D eigenvalue weighted by molar-refractivity contribution is -0.116. The minimum Gasteiger partial charge on any atom is -0.494 e. The van der Waals surface area contributed by atoms with Crippen molar-refractivity contribution in [1.82, 2.24) is 14.6 Å². The number of rotatable bonds is 7. The van der Waals surface area contributed by atoms with Crippen LogP contribution in [0.4, 0.5) is 5.95 Å². The van der Waals surface area contributed by atoms with Gasteiger partial charge in [0, 0.05) is 22.4 Å². The fourth-order valence-electron chi connectivity index (χ4n) is 3.16. The van der Waals surface area contributed by atoms with Gasteiger partial charge in [-0.25, -0.2) is 4.52 Å². The number of thiazole rings is 1. The maximum atomic E-state index is 12.2. The Morgan fingerprint density at radius 2 is 2.00 bits per heavy atom. The first-order chi connectivity index (χ1) is 14.5. The van der Waals surface area contributed by atoms with Crippen LogP contribution in [0, 0.1) is 13.8 Å². The van der Waals surface area contributed by atoms with Gasteiger partial charge in [0.1, 0.15) is 5.75 Å². The van der Waals surface area contributed by atoms with Crippen molar-refractivity contribution in [3.8, 4) is 17.0 Å². The summed E-state index contributed by atoms with van der Waals surface area (Å²) in [4.78, 5) is 17.4. The molecular weight excluding hydrogens is 420 g/mol. The van der Waals surface area contributed by atoms with Gasteiger partial charge in [0.05, 0.1) is 12.3 Å². The number of nitrogens with zero attached hydrogens (tertiary/aromatic N) is 3. The quantitative estimate of drug-likeness (QED) is 0.384. The average molecular weight is 441 g/mol. The van der Waals surface area contributed by atoms with Gasteiger partial charge >= 0.3 is 0 Å². The summed E-state index contributed by atoms with van der Waals surface area (Å²) in [6, 6.07) is 13.5. The fraction of sp³-hybridized carbons (Fsp3) is 0.227. The first-order valence-electron chi connectivity index (χ1n) is 9.60. The Hall–Kier alpha value is -2.90. The van der Waals surface area contributed by atoms with E-state index in [4.69, 9.17) is 16.3 Å². The summed E-state index contributed by atoms with van der Waals surface area (Å²) < 4.78 is 7.39. The van der Waals surface area contributed by atoms with Gasteiger partial charge in [0.2, 0.25) is 16.8 Å². The van der Waals surface area contributed by atoms with Gasteiger partial charge < -0.3 is 4.74 Å². The number of hydrogen-bond acceptors (Lipinski definition) is 5. The minimum absolute atomic E-state index is 0.138. The summed E-state index contributed by atoms with van der Waals surface area (Å²) in [6.07, 6.45) is 0.912. The number of ether oxygens (including phenoxy) is 1. The van der Waals surface area contributed by atoms with Gasteiger partial charge in [0.15, 0.2) is 0 Å². The zero-order chi connectivity index (χ0) is 21.1. The predicted molar refractivity (Wildman–Crippen MR) is 121 cm³/mol. The van der Waals surface area contributed by atoms with Gasteiger partial charge in [-0.2, -0.15) is 4.98 Å². The zero-order valence-corrected chi connectivity index (χ0v) is 18.3. The highest BCUT2D eigenvalue weighted by molar-refractivity contribution is 7.15. The molecule has 0 fully saturated rings. The molecule has 0 saturated heterocycles. The van der Waals surface area contributed by atoms with Gasteiger partial charge in [-0.15, -0.1) is 16.4 Å². The molecule has 0 atom stereocenters. The number of aryl methyl sites for hydroxylation is 2. The Kier molecular flexibility index (Phi) is 6.01. The predicted octanol–water partition coefficient (Wildman–Crippen LogP) is 5.53. The molecule has 1 amide bonds. The molecule has 8 heteroatoms. The molecule has 0 aliphatic heterocycles. The summed E-state index contributed by atoms with van der Waals surface area (Å²) >= 11 is 7.35. The number of aromatic nitrogens is 3. The molecule has 0 saturated carbocycles. The smallest absolute Gasteiger partial charge is 0.250 e. The van der Waals surface area contributed by atoms with Crippen LogP contribution in [-0.2, 0) is 4.79 Å². The van der Waals surface area contributed by atoms with Crippen LogP contribution >= 0.6 is 22.9 Å². The lowest BCUT2D eigenvalue weighted by Gasteiger charge is -2.06. The monoisotopic (exact) mass is 440 g/mol. The third kappa shape index (κ3) is 4.63. The summed E-state index contributed by atoms with van der Waals surface area (Å²) in [6.45, 7) is 4.60. The van der Waals surface area contributed by atoms with E-state index in [1.807, 2.05) is 5.38 Å². The summed E-state index contributed by atoms with van der Waals surface area (Å²) in [5, 5.41) is 9.95. The second-order valence-electron chi connectivity index (χ2n) is 7.02. The number of benzene rings is 2. The first kappa shape index (κ1) is 20.4. The molecule has 4 aromatic rings. The van der Waals surface area contributed by atoms with E-state index in [0.29, 0.717) is 30.4 Å². The molecule has 154 valence electrons. The molecule has 0 radical (unpaired) electrons. The maximum absolute atomic E-state index is 12.2. The SMILES string of the molecule is Cc1ccc(-c2csc3nc(NC(=O)CCCOc4ccc(Cl)cc4)nn23)c(C)c1. The molecule has 0 spiro atoms. The van der Waals surface area contributed by atoms with Crippen molar-refractivity contribution >= 4 is 39.8 Å². The minimum atomic E-state index is -0.138. The zero-order valence-electron chi connectivity index (χ0n) is 16.7. The number of fused-ring (bicyclic) bond motifs is 1. The number of carbonyl (C=O) groups is 1. The van der Waals surface area contributed by atoms with Crippen LogP contribution in [-0.4, -0.2) is 27.1 Å². The van der Waals surface area contributed by atoms with Gasteiger partial charge in [-0.05, 0) is 50.1 Å². The third-order valence-electron chi connectivity index (χ3n) is 4.62. The summed E-state index contributed by atoms with van der Waals surface area (Å²) in [5.74, 6) is 0.909. The van der Waals surface area contributed by atoms with Gasteiger partial charge in [0.25, 0.3) is 0 Å². The lowest BCUT2D eigenvalue weighted by Crippen LogP contribution is -2.14. The van der Waals surface area contributed by atoms with E-state index in [9.17, 15) is 4.79 Å². The fourth-order valence-corrected chi connectivity index (χ4v) is 4.11. The standard InChI is InChI=1S/C22H21ClN4O2S/c1-14-5-10-18(15(2)12-14)19-13-30-22-25-21(26-27(19)22)24-20(28)4-3-11-29-17-8-6-16(23)7-9-17/h5-10,12-13H,3-4,11H2,1-2H3,(H,24,26,28).